The Morgan fingerprint density at radius 1 is 1.38 bits per heavy atom. The second-order valence-electron chi connectivity index (χ2n) is 4.66. The van der Waals surface area contributed by atoms with Crippen LogP contribution in [0.1, 0.15) is 25.3 Å². The molecular formula is C13H15BrF3NO3. The van der Waals surface area contributed by atoms with Crippen molar-refractivity contribution in [1.82, 2.24) is 0 Å². The zero-order valence-electron chi connectivity index (χ0n) is 11.3. The summed E-state index contributed by atoms with van der Waals surface area (Å²) >= 11 is 3.31. The standard InChI is InChI=1S/C13H15BrF3NO3/c1-9(4-6-14)5-7-21-12-3-2-10(13(15,16)17)8-11(12)18(19)20/h2-3,8-9H,4-7H2,1H3. The van der Waals surface area contributed by atoms with E-state index in [1.165, 1.54) is 0 Å². The third-order valence-corrected chi connectivity index (χ3v) is 3.41. The molecule has 0 N–H and O–H groups in total. The SMILES string of the molecule is CC(CCBr)CCOc1ccc(C(F)(F)F)cc1[N+](=O)[O-]. The number of halogens is 4. The van der Waals surface area contributed by atoms with Crippen LogP contribution < -0.4 is 4.74 Å². The summed E-state index contributed by atoms with van der Waals surface area (Å²) in [4.78, 5) is 9.98. The van der Waals surface area contributed by atoms with Crippen LogP contribution in [-0.4, -0.2) is 16.9 Å². The number of benzene rings is 1. The third kappa shape index (κ3) is 5.53. The van der Waals surface area contributed by atoms with E-state index in [9.17, 15) is 23.3 Å². The number of nitro groups is 1. The summed E-state index contributed by atoms with van der Waals surface area (Å²) in [6.45, 7) is 2.23. The summed E-state index contributed by atoms with van der Waals surface area (Å²) in [6, 6.07) is 2.28. The lowest BCUT2D eigenvalue weighted by Crippen LogP contribution is -2.08. The molecule has 0 fully saturated rings. The van der Waals surface area contributed by atoms with Crippen LogP contribution in [0.3, 0.4) is 0 Å². The molecule has 1 unspecified atom stereocenters. The lowest BCUT2D eigenvalue weighted by Gasteiger charge is -2.12. The molecular weight excluding hydrogens is 355 g/mol. The quantitative estimate of drug-likeness (QED) is 0.394. The van der Waals surface area contributed by atoms with E-state index in [0.717, 1.165) is 23.9 Å². The van der Waals surface area contributed by atoms with Gasteiger partial charge in [0.25, 0.3) is 0 Å². The predicted octanol–water partition coefficient (Wildman–Crippen LogP) is 4.80. The van der Waals surface area contributed by atoms with E-state index in [2.05, 4.69) is 15.9 Å². The van der Waals surface area contributed by atoms with Crippen LogP contribution in [-0.2, 0) is 6.18 Å². The maximum Gasteiger partial charge on any atom is 0.416 e. The minimum absolute atomic E-state index is 0.140. The minimum atomic E-state index is -4.62. The number of ether oxygens (including phenoxy) is 1. The molecule has 8 heteroatoms. The Morgan fingerprint density at radius 2 is 2.05 bits per heavy atom. The molecule has 0 spiro atoms. The first-order valence-corrected chi connectivity index (χ1v) is 7.42. The van der Waals surface area contributed by atoms with Crippen molar-refractivity contribution in [3.05, 3.63) is 33.9 Å². The number of hydrogen-bond acceptors (Lipinski definition) is 3. The summed E-state index contributed by atoms with van der Waals surface area (Å²) < 4.78 is 42.9. The van der Waals surface area contributed by atoms with Gasteiger partial charge in [0.2, 0.25) is 0 Å². The number of rotatable bonds is 7. The molecule has 0 aromatic heterocycles. The normalized spacial score (nSPS) is 13.0. The van der Waals surface area contributed by atoms with Crippen LogP contribution in [0, 0.1) is 16.0 Å². The third-order valence-electron chi connectivity index (χ3n) is 2.95. The minimum Gasteiger partial charge on any atom is -0.487 e. The van der Waals surface area contributed by atoms with Crippen LogP contribution in [0.5, 0.6) is 5.75 Å². The van der Waals surface area contributed by atoms with Crippen LogP contribution >= 0.6 is 15.9 Å². The fourth-order valence-corrected chi connectivity index (χ4v) is 2.44. The highest BCUT2D eigenvalue weighted by Crippen LogP contribution is 2.36. The van der Waals surface area contributed by atoms with Crippen molar-refractivity contribution >= 4 is 21.6 Å². The van der Waals surface area contributed by atoms with E-state index in [4.69, 9.17) is 4.74 Å². The lowest BCUT2D eigenvalue weighted by atomic mass is 10.1. The van der Waals surface area contributed by atoms with Crippen LogP contribution in [0.15, 0.2) is 18.2 Å². The number of nitrogens with zero attached hydrogens (tertiary/aromatic N) is 1. The molecule has 0 aliphatic heterocycles. The van der Waals surface area contributed by atoms with Crippen molar-refractivity contribution < 1.29 is 22.8 Å². The highest BCUT2D eigenvalue weighted by atomic mass is 79.9. The summed E-state index contributed by atoms with van der Waals surface area (Å²) in [5.41, 5.74) is -1.73. The monoisotopic (exact) mass is 369 g/mol. The zero-order valence-corrected chi connectivity index (χ0v) is 12.9. The molecule has 0 heterocycles. The van der Waals surface area contributed by atoms with E-state index in [1.54, 1.807) is 0 Å². The van der Waals surface area contributed by atoms with Crippen molar-refractivity contribution in [2.75, 3.05) is 11.9 Å². The van der Waals surface area contributed by atoms with Gasteiger partial charge in [-0.2, -0.15) is 13.2 Å². The first kappa shape index (κ1) is 17.7. The van der Waals surface area contributed by atoms with Gasteiger partial charge in [0.1, 0.15) is 0 Å². The summed E-state index contributed by atoms with van der Waals surface area (Å²) in [5.74, 6) is 0.219. The molecule has 1 rings (SSSR count). The van der Waals surface area contributed by atoms with Crippen molar-refractivity contribution in [2.45, 2.75) is 25.9 Å². The van der Waals surface area contributed by atoms with Gasteiger partial charge in [-0.15, -0.1) is 0 Å². The molecule has 0 bridgehead atoms. The van der Waals surface area contributed by atoms with Gasteiger partial charge in [0, 0.05) is 11.4 Å². The molecule has 0 saturated carbocycles. The van der Waals surface area contributed by atoms with E-state index < -0.39 is 22.4 Å². The molecule has 4 nitrogen and oxygen atoms in total. The average Bonchev–Trinajstić information content (AvgIpc) is 2.37. The first-order valence-electron chi connectivity index (χ1n) is 6.30. The van der Waals surface area contributed by atoms with Crippen molar-refractivity contribution in [3.63, 3.8) is 0 Å². The topological polar surface area (TPSA) is 52.4 Å². The average molecular weight is 370 g/mol. The second-order valence-corrected chi connectivity index (χ2v) is 5.45. The molecule has 21 heavy (non-hydrogen) atoms. The molecule has 1 aromatic rings. The number of nitro benzene ring substituents is 1. The lowest BCUT2D eigenvalue weighted by molar-refractivity contribution is -0.386. The van der Waals surface area contributed by atoms with Crippen LogP contribution in [0.2, 0.25) is 0 Å². The van der Waals surface area contributed by atoms with Crippen molar-refractivity contribution in [3.8, 4) is 5.75 Å². The van der Waals surface area contributed by atoms with Gasteiger partial charge in [-0.3, -0.25) is 10.1 Å². The Labute approximate surface area is 128 Å². The molecule has 1 aromatic carbocycles. The van der Waals surface area contributed by atoms with Gasteiger partial charge in [0.05, 0.1) is 17.1 Å². The van der Waals surface area contributed by atoms with Gasteiger partial charge >= 0.3 is 11.9 Å². The van der Waals surface area contributed by atoms with E-state index in [0.29, 0.717) is 18.4 Å². The largest absolute Gasteiger partial charge is 0.487 e. The molecule has 0 amide bonds. The van der Waals surface area contributed by atoms with Crippen molar-refractivity contribution in [1.29, 1.82) is 0 Å². The Morgan fingerprint density at radius 3 is 2.57 bits per heavy atom. The molecule has 0 radical (unpaired) electrons. The van der Waals surface area contributed by atoms with Gasteiger partial charge in [-0.25, -0.2) is 0 Å². The highest BCUT2D eigenvalue weighted by Gasteiger charge is 2.33. The Balaban J connectivity index is 2.80. The maximum atomic E-state index is 12.5. The van der Waals surface area contributed by atoms with Crippen LogP contribution in [0.4, 0.5) is 18.9 Å². The Kier molecular flexibility index (Phi) is 6.44. The molecule has 0 saturated heterocycles. The van der Waals surface area contributed by atoms with Crippen LogP contribution in [0.25, 0.3) is 0 Å². The fraction of sp³-hybridized carbons (Fsp3) is 0.538. The smallest absolute Gasteiger partial charge is 0.416 e. The Hall–Kier alpha value is -1.31. The summed E-state index contributed by atoms with van der Waals surface area (Å²) in [6.07, 6.45) is -3.02. The Bertz CT molecular complexity index is 494. The van der Waals surface area contributed by atoms with Gasteiger partial charge in [-0.1, -0.05) is 22.9 Å². The number of hydrogen-bond donors (Lipinski definition) is 0. The molecule has 118 valence electrons. The molecule has 1 atom stereocenters. The van der Waals surface area contributed by atoms with Gasteiger partial charge in [-0.05, 0) is 30.9 Å². The molecule has 0 aliphatic rings. The van der Waals surface area contributed by atoms with Crippen molar-refractivity contribution in [2.24, 2.45) is 5.92 Å². The maximum absolute atomic E-state index is 12.5. The molecule has 0 aliphatic carbocycles. The summed E-state index contributed by atoms with van der Waals surface area (Å²) in [5, 5.41) is 11.7. The van der Waals surface area contributed by atoms with E-state index in [1.807, 2.05) is 6.92 Å². The second kappa shape index (κ2) is 7.63. The fourth-order valence-electron chi connectivity index (χ4n) is 1.66. The zero-order chi connectivity index (χ0) is 16.0. The number of alkyl halides is 4. The first-order chi connectivity index (χ1) is 9.75. The summed E-state index contributed by atoms with van der Waals surface area (Å²) in [7, 11) is 0. The predicted molar refractivity (Wildman–Crippen MR) is 75.8 cm³/mol. The van der Waals surface area contributed by atoms with E-state index in [-0.39, 0.29) is 12.4 Å². The highest BCUT2D eigenvalue weighted by molar-refractivity contribution is 9.09. The van der Waals surface area contributed by atoms with Gasteiger partial charge in [0.15, 0.2) is 5.75 Å². The van der Waals surface area contributed by atoms with Gasteiger partial charge < -0.3 is 4.74 Å². The van der Waals surface area contributed by atoms with E-state index >= 15 is 0 Å².